The van der Waals surface area contributed by atoms with Crippen molar-refractivity contribution in [2.45, 2.75) is 52.5 Å². The molecule has 1 N–H and O–H groups in total. The fraction of sp³-hybridized carbons (Fsp3) is 0.333. The van der Waals surface area contributed by atoms with E-state index >= 15 is 0 Å². The van der Waals surface area contributed by atoms with E-state index in [1.807, 2.05) is 30.9 Å². The van der Waals surface area contributed by atoms with Crippen LogP contribution in [0.2, 0.25) is 0 Å². The van der Waals surface area contributed by atoms with Gasteiger partial charge in [-0.25, -0.2) is 4.98 Å². The Kier molecular flexibility index (Phi) is 5.15. The lowest BCUT2D eigenvalue weighted by Gasteiger charge is -2.24. The molecule has 7 nitrogen and oxygen atoms in total. The van der Waals surface area contributed by atoms with Crippen molar-refractivity contribution in [1.82, 2.24) is 29.9 Å². The third kappa shape index (κ3) is 3.81. The Bertz CT molecular complexity index is 1410. The van der Waals surface area contributed by atoms with Gasteiger partial charge in [0.2, 0.25) is 0 Å². The van der Waals surface area contributed by atoms with E-state index in [2.05, 4.69) is 60.7 Å². The van der Waals surface area contributed by atoms with Crippen LogP contribution in [0.1, 0.15) is 66.1 Å². The first-order chi connectivity index (χ1) is 16.1. The van der Waals surface area contributed by atoms with Crippen molar-refractivity contribution in [1.29, 1.82) is 0 Å². The number of carbonyl (C=O) groups excluding carboxylic acids is 1. The first-order valence-corrected chi connectivity index (χ1v) is 11.6. The summed E-state index contributed by atoms with van der Waals surface area (Å²) in [5.74, 6) is 0.713. The van der Waals surface area contributed by atoms with Crippen LogP contribution in [-0.4, -0.2) is 42.3 Å². The number of imidazole rings is 1. The maximum Gasteiger partial charge on any atom is 0.257 e. The van der Waals surface area contributed by atoms with E-state index in [0.717, 1.165) is 33.6 Å². The highest BCUT2D eigenvalue weighted by Crippen LogP contribution is 2.36. The van der Waals surface area contributed by atoms with Gasteiger partial charge in [0.05, 0.1) is 40.7 Å². The lowest BCUT2D eigenvalue weighted by Crippen LogP contribution is -2.32. The van der Waals surface area contributed by atoms with E-state index in [-0.39, 0.29) is 17.4 Å². The number of likely N-dealkylation sites (tertiary alicyclic amines) is 1. The third-order valence-corrected chi connectivity index (χ3v) is 6.67. The largest absolute Gasteiger partial charge is 0.340 e. The van der Waals surface area contributed by atoms with Crippen LogP contribution in [0.3, 0.4) is 0 Å². The highest BCUT2D eigenvalue weighted by molar-refractivity contribution is 5.98. The fourth-order valence-corrected chi connectivity index (χ4v) is 4.54. The summed E-state index contributed by atoms with van der Waals surface area (Å²) in [4.78, 5) is 25.7. The molecule has 4 aromatic rings. The highest BCUT2D eigenvalue weighted by Gasteiger charge is 2.36. The lowest BCUT2D eigenvalue weighted by atomic mass is 9.87. The van der Waals surface area contributed by atoms with Crippen molar-refractivity contribution in [3.8, 4) is 5.69 Å². The average molecular weight is 455 g/mol. The van der Waals surface area contributed by atoms with Crippen molar-refractivity contribution in [3.63, 3.8) is 0 Å². The molecule has 7 heteroatoms. The molecule has 0 spiro atoms. The molecule has 3 heterocycles. The molecular weight excluding hydrogens is 424 g/mol. The fourth-order valence-electron chi connectivity index (χ4n) is 4.54. The molecule has 0 bridgehead atoms. The Balaban J connectivity index is 1.55. The normalized spacial score (nSPS) is 16.6. The third-order valence-electron chi connectivity index (χ3n) is 6.67. The minimum absolute atomic E-state index is 0.0450. The molecule has 2 aromatic carbocycles. The van der Waals surface area contributed by atoms with Crippen LogP contribution in [0.15, 0.2) is 54.9 Å². The van der Waals surface area contributed by atoms with Crippen LogP contribution in [-0.2, 0) is 5.41 Å². The molecule has 0 aliphatic carbocycles. The average Bonchev–Trinajstić information content (AvgIpc) is 3.52. The quantitative estimate of drug-likeness (QED) is 0.432. The maximum absolute atomic E-state index is 13.9. The van der Waals surface area contributed by atoms with Gasteiger partial charge in [-0.15, -0.1) is 0 Å². The smallest absolute Gasteiger partial charge is 0.257 e. The number of hydrogen-bond acceptors (Lipinski definition) is 4. The second-order valence-electron chi connectivity index (χ2n) is 10.3. The minimum atomic E-state index is -0.203. The van der Waals surface area contributed by atoms with Crippen molar-refractivity contribution in [3.05, 3.63) is 83.0 Å². The van der Waals surface area contributed by atoms with Gasteiger partial charge in [-0.3, -0.25) is 4.79 Å². The Labute approximate surface area is 199 Å². The van der Waals surface area contributed by atoms with E-state index < -0.39 is 0 Å². The zero-order valence-electron chi connectivity index (χ0n) is 20.4. The van der Waals surface area contributed by atoms with Crippen LogP contribution in [0.4, 0.5) is 0 Å². The second kappa shape index (κ2) is 7.94. The van der Waals surface area contributed by atoms with E-state index in [1.165, 1.54) is 10.4 Å². The summed E-state index contributed by atoms with van der Waals surface area (Å²) < 4.78 is 0. The maximum atomic E-state index is 13.9. The monoisotopic (exact) mass is 454 g/mol. The number of H-pyrrole nitrogens is 1. The van der Waals surface area contributed by atoms with Gasteiger partial charge in [0.15, 0.2) is 0 Å². The van der Waals surface area contributed by atoms with E-state index in [0.29, 0.717) is 24.2 Å². The number of aromatic amines is 1. The predicted molar refractivity (Wildman–Crippen MR) is 133 cm³/mol. The molecule has 1 saturated heterocycles. The van der Waals surface area contributed by atoms with Gasteiger partial charge in [0, 0.05) is 6.54 Å². The number of hydrogen-bond donors (Lipinski definition) is 1. The molecule has 0 saturated carbocycles. The summed E-state index contributed by atoms with van der Waals surface area (Å²) in [5, 5.41) is 8.55. The van der Waals surface area contributed by atoms with Crippen molar-refractivity contribution in [2.75, 3.05) is 6.54 Å². The summed E-state index contributed by atoms with van der Waals surface area (Å²) in [6, 6.07) is 10.0. The van der Waals surface area contributed by atoms with E-state index in [4.69, 9.17) is 4.98 Å². The number of nitrogens with zero attached hydrogens (tertiary/aromatic N) is 5. The van der Waals surface area contributed by atoms with Crippen LogP contribution in [0.25, 0.3) is 16.7 Å². The number of aromatic nitrogens is 5. The standard InChI is InChI=1S/C27H30N6O/c1-16-11-24(25-30-21-8-7-19(27(4,5)6)14-22(21)31-25)32(15-16)26(34)20-12-17(2)18(3)13-23(20)33-28-9-10-29-33/h7-10,12-14,24H,1,11,15H2,2-6H3,(H,30,31). The topological polar surface area (TPSA) is 79.7 Å². The Morgan fingerprint density at radius 1 is 1.09 bits per heavy atom. The number of rotatable bonds is 3. The number of nitrogens with one attached hydrogen (secondary N) is 1. The molecule has 5 rings (SSSR count). The van der Waals surface area contributed by atoms with E-state index in [9.17, 15) is 4.79 Å². The zero-order chi connectivity index (χ0) is 24.2. The van der Waals surface area contributed by atoms with Gasteiger partial charge in [-0.1, -0.05) is 39.0 Å². The Morgan fingerprint density at radius 3 is 2.50 bits per heavy atom. The SMILES string of the molecule is C=C1CC(c2nc3ccc(C(C)(C)C)cc3[nH]2)N(C(=O)c2cc(C)c(C)cc2-n2nccn2)C1. The van der Waals surface area contributed by atoms with E-state index in [1.54, 1.807) is 12.4 Å². The molecule has 2 aromatic heterocycles. The molecule has 174 valence electrons. The number of benzene rings is 2. The van der Waals surface area contributed by atoms with Crippen molar-refractivity contribution in [2.24, 2.45) is 0 Å². The summed E-state index contributed by atoms with van der Waals surface area (Å²) >= 11 is 0. The predicted octanol–water partition coefficient (Wildman–Crippen LogP) is 5.20. The van der Waals surface area contributed by atoms with Crippen molar-refractivity contribution < 1.29 is 4.79 Å². The van der Waals surface area contributed by atoms with Crippen LogP contribution >= 0.6 is 0 Å². The molecule has 0 radical (unpaired) electrons. The van der Waals surface area contributed by atoms with Crippen molar-refractivity contribution >= 4 is 16.9 Å². The summed E-state index contributed by atoms with van der Waals surface area (Å²) in [6.07, 6.45) is 3.91. The molecule has 1 unspecified atom stereocenters. The summed E-state index contributed by atoms with van der Waals surface area (Å²) in [6.45, 7) is 15.3. The minimum Gasteiger partial charge on any atom is -0.340 e. The second-order valence-corrected chi connectivity index (χ2v) is 10.3. The summed E-state index contributed by atoms with van der Waals surface area (Å²) in [5.41, 5.74) is 7.57. The number of aryl methyl sites for hydroxylation is 2. The van der Waals surface area contributed by atoms with Crippen LogP contribution < -0.4 is 0 Å². The molecule has 1 aliphatic heterocycles. The first-order valence-electron chi connectivity index (χ1n) is 11.6. The zero-order valence-corrected chi connectivity index (χ0v) is 20.4. The molecule has 1 atom stereocenters. The molecule has 1 aliphatic rings. The van der Waals surface area contributed by atoms with Gasteiger partial charge in [0.1, 0.15) is 5.82 Å². The number of fused-ring (bicyclic) bond motifs is 1. The molecular formula is C27H30N6O. The van der Waals surface area contributed by atoms with Gasteiger partial charge < -0.3 is 9.88 Å². The summed E-state index contributed by atoms with van der Waals surface area (Å²) in [7, 11) is 0. The number of amides is 1. The highest BCUT2D eigenvalue weighted by atomic mass is 16.2. The first kappa shape index (κ1) is 22.1. The van der Waals surface area contributed by atoms with Gasteiger partial charge in [-0.05, 0) is 66.6 Å². The molecule has 1 fully saturated rings. The Hall–Kier alpha value is -3.74. The van der Waals surface area contributed by atoms with Gasteiger partial charge in [0.25, 0.3) is 5.91 Å². The Morgan fingerprint density at radius 2 is 1.79 bits per heavy atom. The van der Waals surface area contributed by atoms with Gasteiger partial charge in [-0.2, -0.15) is 15.0 Å². The molecule has 1 amide bonds. The lowest BCUT2D eigenvalue weighted by molar-refractivity contribution is 0.0732. The van der Waals surface area contributed by atoms with Crippen LogP contribution in [0, 0.1) is 13.8 Å². The van der Waals surface area contributed by atoms with Crippen LogP contribution in [0.5, 0.6) is 0 Å². The molecule has 34 heavy (non-hydrogen) atoms. The van der Waals surface area contributed by atoms with Gasteiger partial charge >= 0.3 is 0 Å². The number of carbonyl (C=O) groups is 1.